The van der Waals surface area contributed by atoms with E-state index in [1.807, 2.05) is 23.1 Å². The Labute approximate surface area is 208 Å². The smallest absolute Gasteiger partial charge is 0.257 e. The van der Waals surface area contributed by atoms with Gasteiger partial charge in [-0.3, -0.25) is 4.79 Å². The van der Waals surface area contributed by atoms with E-state index in [-0.39, 0.29) is 12.0 Å². The molecule has 1 aliphatic carbocycles. The molecule has 1 N–H and O–H groups in total. The van der Waals surface area contributed by atoms with Gasteiger partial charge in [0, 0.05) is 31.1 Å². The molecule has 6 nitrogen and oxygen atoms in total. The van der Waals surface area contributed by atoms with Gasteiger partial charge in [0.15, 0.2) is 0 Å². The van der Waals surface area contributed by atoms with Crippen LogP contribution in [-0.4, -0.2) is 72.2 Å². The normalized spacial score (nSPS) is 25.9. The molecule has 4 aliphatic rings. The number of fused-ring (bicyclic) bond motifs is 1. The maximum absolute atomic E-state index is 13.4. The number of nitrogens with zero attached hydrogens (tertiary/aromatic N) is 2. The van der Waals surface area contributed by atoms with Crippen molar-refractivity contribution in [2.45, 2.75) is 56.7 Å². The highest BCUT2D eigenvalue weighted by molar-refractivity contribution is 7.80. The molecule has 1 aromatic carbocycles. The fourth-order valence-corrected chi connectivity index (χ4v) is 6.17. The third-order valence-corrected chi connectivity index (χ3v) is 8.07. The van der Waals surface area contributed by atoms with E-state index in [1.54, 1.807) is 7.11 Å². The summed E-state index contributed by atoms with van der Waals surface area (Å²) in [7, 11) is 1.62. The molecule has 1 amide bonds. The molecule has 0 saturated carbocycles. The van der Waals surface area contributed by atoms with Gasteiger partial charge in [-0.2, -0.15) is 0 Å². The maximum Gasteiger partial charge on any atom is 0.257 e. The maximum atomic E-state index is 13.4. The Bertz CT molecular complexity index is 964. The van der Waals surface area contributed by atoms with Crippen LogP contribution in [0.1, 0.15) is 48.9 Å². The van der Waals surface area contributed by atoms with Gasteiger partial charge in [0.25, 0.3) is 5.91 Å². The Hall–Kier alpha value is -2.38. The van der Waals surface area contributed by atoms with Crippen molar-refractivity contribution in [1.82, 2.24) is 15.1 Å². The van der Waals surface area contributed by atoms with Crippen molar-refractivity contribution >= 4 is 23.1 Å². The lowest BCUT2D eigenvalue weighted by Gasteiger charge is -2.48. The van der Waals surface area contributed by atoms with Crippen LogP contribution in [0.15, 0.2) is 42.5 Å². The van der Waals surface area contributed by atoms with Crippen molar-refractivity contribution in [3.8, 4) is 11.5 Å². The molecular formula is C27H35N3O3S. The monoisotopic (exact) mass is 481 g/mol. The van der Waals surface area contributed by atoms with Crippen molar-refractivity contribution in [1.29, 1.82) is 0 Å². The second-order valence-corrected chi connectivity index (χ2v) is 10.2. The first-order valence-corrected chi connectivity index (χ1v) is 13.1. The van der Waals surface area contributed by atoms with Crippen LogP contribution in [-0.2, 0) is 0 Å². The number of rotatable bonds is 5. The fourth-order valence-electron chi connectivity index (χ4n) is 5.78. The van der Waals surface area contributed by atoms with Crippen LogP contribution in [0.2, 0.25) is 0 Å². The van der Waals surface area contributed by atoms with E-state index in [2.05, 4.69) is 34.5 Å². The van der Waals surface area contributed by atoms with Crippen molar-refractivity contribution in [2.75, 3.05) is 33.3 Å². The number of carbonyl (C=O) groups is 1. The third kappa shape index (κ3) is 4.86. The second-order valence-electron chi connectivity index (χ2n) is 9.72. The topological polar surface area (TPSA) is 54.0 Å². The van der Waals surface area contributed by atoms with Crippen molar-refractivity contribution in [3.63, 3.8) is 0 Å². The molecule has 3 heterocycles. The second kappa shape index (κ2) is 10.5. The molecule has 0 aromatic heterocycles. The Kier molecular flexibility index (Phi) is 7.21. The lowest BCUT2D eigenvalue weighted by molar-refractivity contribution is 0.0638. The number of likely N-dealkylation sites (tertiary alicyclic amines) is 2. The summed E-state index contributed by atoms with van der Waals surface area (Å²) in [5.41, 5.74) is 0.604. The number of ether oxygens (including phenoxy) is 2. The van der Waals surface area contributed by atoms with Gasteiger partial charge in [0.1, 0.15) is 17.6 Å². The first-order valence-electron chi connectivity index (χ1n) is 12.6. The van der Waals surface area contributed by atoms with Crippen LogP contribution in [0, 0.1) is 5.92 Å². The number of thiocarbonyl (C=S) groups is 1. The lowest BCUT2D eigenvalue weighted by Crippen LogP contribution is -2.55. The summed E-state index contributed by atoms with van der Waals surface area (Å²) in [6, 6.07) is 6.37. The highest BCUT2D eigenvalue weighted by Crippen LogP contribution is 2.34. The number of hydrogen-bond donors (Lipinski definition) is 1. The highest BCUT2D eigenvalue weighted by Gasteiger charge is 2.38. The number of nitrogens with one attached hydrogen (secondary N) is 1. The molecule has 0 spiro atoms. The van der Waals surface area contributed by atoms with Crippen LogP contribution in [0.25, 0.3) is 0 Å². The van der Waals surface area contributed by atoms with Crippen LogP contribution in [0.4, 0.5) is 0 Å². The minimum absolute atomic E-state index is 0.0308. The van der Waals surface area contributed by atoms with Crippen molar-refractivity contribution in [2.24, 2.45) is 5.92 Å². The predicted molar refractivity (Wildman–Crippen MR) is 138 cm³/mol. The van der Waals surface area contributed by atoms with Gasteiger partial charge >= 0.3 is 0 Å². The van der Waals surface area contributed by atoms with E-state index < -0.39 is 0 Å². The van der Waals surface area contributed by atoms with Crippen LogP contribution >= 0.6 is 12.2 Å². The highest BCUT2D eigenvalue weighted by atomic mass is 32.1. The van der Waals surface area contributed by atoms with Gasteiger partial charge < -0.3 is 24.6 Å². The summed E-state index contributed by atoms with van der Waals surface area (Å²) >= 11 is 5.79. The van der Waals surface area contributed by atoms with Gasteiger partial charge in [-0.05, 0) is 63.7 Å². The third-order valence-electron chi connectivity index (χ3n) is 7.65. The Morgan fingerprint density at radius 3 is 2.59 bits per heavy atom. The minimum Gasteiger partial charge on any atom is -0.496 e. The molecular weight excluding hydrogens is 446 g/mol. The van der Waals surface area contributed by atoms with Gasteiger partial charge in [-0.1, -0.05) is 36.5 Å². The molecule has 3 saturated heterocycles. The van der Waals surface area contributed by atoms with Crippen LogP contribution in [0.5, 0.6) is 11.5 Å². The number of carbonyl (C=O) groups excluding carboxylic acids is 1. The summed E-state index contributed by atoms with van der Waals surface area (Å²) < 4.78 is 11.7. The molecule has 7 heteroatoms. The van der Waals surface area contributed by atoms with Crippen LogP contribution < -0.4 is 14.8 Å². The zero-order valence-corrected chi connectivity index (χ0v) is 20.8. The lowest BCUT2D eigenvalue weighted by atomic mass is 9.84. The standard InChI is InChI=1S/C27H35N3O3S/c1-32-25-18-22(33-21-10-14-28-15-11-21)7-8-23(25)27(31)29-16-12-20(13-17-29)30-24-5-3-2-4-19(24)6-9-26(30)34/h2-5,7-8,18-21,24,28H,6,9-17H2,1H3. The quantitative estimate of drug-likeness (QED) is 0.643. The van der Waals surface area contributed by atoms with E-state index in [1.165, 1.54) is 0 Å². The molecule has 0 radical (unpaired) electrons. The zero-order valence-electron chi connectivity index (χ0n) is 19.9. The van der Waals surface area contributed by atoms with Gasteiger partial charge in [0.05, 0.1) is 23.7 Å². The average molecular weight is 482 g/mol. The van der Waals surface area contributed by atoms with Gasteiger partial charge in [-0.25, -0.2) is 0 Å². The van der Waals surface area contributed by atoms with Crippen molar-refractivity contribution in [3.05, 3.63) is 48.1 Å². The average Bonchev–Trinajstić information content (AvgIpc) is 2.89. The first kappa shape index (κ1) is 23.4. The van der Waals surface area contributed by atoms with Gasteiger partial charge in [-0.15, -0.1) is 0 Å². The summed E-state index contributed by atoms with van der Waals surface area (Å²) in [4.78, 5) is 18.9. The first-order chi connectivity index (χ1) is 16.6. The largest absolute Gasteiger partial charge is 0.496 e. The Morgan fingerprint density at radius 1 is 1.06 bits per heavy atom. The molecule has 3 fully saturated rings. The summed E-state index contributed by atoms with van der Waals surface area (Å²) in [5, 5.41) is 3.35. The van der Waals surface area contributed by atoms with E-state index in [0.29, 0.717) is 29.3 Å². The summed E-state index contributed by atoms with van der Waals surface area (Å²) in [6.07, 6.45) is 15.1. The predicted octanol–water partition coefficient (Wildman–Crippen LogP) is 3.96. The van der Waals surface area contributed by atoms with Gasteiger partial charge in [0.2, 0.25) is 0 Å². The fraction of sp³-hybridized carbons (Fsp3) is 0.556. The molecule has 182 valence electrons. The number of benzene rings is 1. The number of methoxy groups -OCH3 is 1. The zero-order chi connectivity index (χ0) is 23.5. The SMILES string of the molecule is COc1cc(OC2CCNCC2)ccc1C(=O)N1CCC(N2C(=S)CCC3C=CC=CC32)CC1. The minimum atomic E-state index is 0.0308. The molecule has 2 unspecified atom stereocenters. The number of allylic oxidation sites excluding steroid dienone is 2. The molecule has 1 aromatic rings. The Balaban J connectivity index is 1.22. The van der Waals surface area contributed by atoms with E-state index in [9.17, 15) is 4.79 Å². The molecule has 3 aliphatic heterocycles. The summed E-state index contributed by atoms with van der Waals surface area (Å²) in [6.45, 7) is 3.42. The Morgan fingerprint density at radius 2 is 1.82 bits per heavy atom. The van der Waals surface area contributed by atoms with E-state index in [4.69, 9.17) is 21.7 Å². The molecule has 5 rings (SSSR count). The van der Waals surface area contributed by atoms with Crippen molar-refractivity contribution < 1.29 is 14.3 Å². The number of amides is 1. The van der Waals surface area contributed by atoms with E-state index >= 15 is 0 Å². The molecule has 34 heavy (non-hydrogen) atoms. The summed E-state index contributed by atoms with van der Waals surface area (Å²) in [5.74, 6) is 1.93. The molecule has 0 bridgehead atoms. The van der Waals surface area contributed by atoms with E-state index in [0.717, 1.165) is 75.4 Å². The van der Waals surface area contributed by atoms with Crippen LogP contribution in [0.3, 0.4) is 0 Å². The molecule has 2 atom stereocenters. The number of hydrogen-bond acceptors (Lipinski definition) is 5. The number of piperidine rings is 3.